The van der Waals surface area contributed by atoms with Crippen molar-refractivity contribution in [2.75, 3.05) is 20.3 Å². The van der Waals surface area contributed by atoms with Gasteiger partial charge in [-0.1, -0.05) is 25.4 Å². The van der Waals surface area contributed by atoms with Crippen molar-refractivity contribution in [1.29, 1.82) is 0 Å². The molecule has 0 fully saturated rings. The summed E-state index contributed by atoms with van der Waals surface area (Å²) in [4.78, 5) is 17.4. The van der Waals surface area contributed by atoms with Crippen molar-refractivity contribution < 1.29 is 9.53 Å². The SMILES string of the molecule is CC.COCCC1CNC(=O)Cc2c1[nH]c1c(Cl)c(C)cc(-c3cnn(C)n3)c21. The van der Waals surface area contributed by atoms with Gasteiger partial charge in [0.1, 0.15) is 5.69 Å². The van der Waals surface area contributed by atoms with Crippen molar-refractivity contribution in [1.82, 2.24) is 25.3 Å². The van der Waals surface area contributed by atoms with Crippen molar-refractivity contribution in [3.8, 4) is 11.3 Å². The van der Waals surface area contributed by atoms with Crippen LogP contribution in [0.3, 0.4) is 0 Å². The molecule has 1 atom stereocenters. The minimum absolute atomic E-state index is 0.0128. The van der Waals surface area contributed by atoms with Gasteiger partial charge in [-0.2, -0.15) is 15.0 Å². The summed E-state index contributed by atoms with van der Waals surface area (Å²) in [6, 6.07) is 2.02. The van der Waals surface area contributed by atoms with Gasteiger partial charge in [-0.05, 0) is 30.5 Å². The summed E-state index contributed by atoms with van der Waals surface area (Å²) in [5, 5.41) is 13.3. The lowest BCUT2D eigenvalue weighted by atomic mass is 9.94. The number of H-pyrrole nitrogens is 1. The van der Waals surface area contributed by atoms with Crippen LogP contribution in [0.25, 0.3) is 22.2 Å². The number of benzene rings is 1. The van der Waals surface area contributed by atoms with Gasteiger partial charge in [-0.15, -0.1) is 0 Å². The molecule has 2 aromatic heterocycles. The standard InChI is InChI=1S/C19H22ClN5O2.C2H6/c1-10-6-12(14-9-22-25(2)24-14)16-13-7-15(26)21-8-11(4-5-27-3)18(13)23-19(16)17(10)20;1-2/h6,9,11,23H,4-5,7-8H2,1-3H3,(H,21,26);1-2H3. The number of hydrogen-bond acceptors (Lipinski definition) is 4. The van der Waals surface area contributed by atoms with Gasteiger partial charge in [-0.25, -0.2) is 0 Å². The predicted molar refractivity (Wildman–Crippen MR) is 115 cm³/mol. The van der Waals surface area contributed by atoms with E-state index in [9.17, 15) is 4.79 Å². The van der Waals surface area contributed by atoms with E-state index in [4.69, 9.17) is 16.3 Å². The molecule has 1 aliphatic rings. The zero-order valence-corrected chi connectivity index (χ0v) is 18.4. The number of aromatic nitrogens is 4. The normalized spacial score (nSPS) is 16.1. The van der Waals surface area contributed by atoms with Crippen molar-refractivity contribution in [3.05, 3.63) is 34.1 Å². The monoisotopic (exact) mass is 417 g/mol. The lowest BCUT2D eigenvalue weighted by Crippen LogP contribution is -2.27. The largest absolute Gasteiger partial charge is 0.385 e. The van der Waals surface area contributed by atoms with E-state index in [1.54, 1.807) is 20.4 Å². The number of halogens is 1. The maximum Gasteiger partial charge on any atom is 0.224 e. The van der Waals surface area contributed by atoms with Gasteiger partial charge in [0.15, 0.2) is 0 Å². The van der Waals surface area contributed by atoms with Crippen LogP contribution in [-0.2, 0) is 23.0 Å². The van der Waals surface area contributed by atoms with Gasteiger partial charge in [0.2, 0.25) is 5.91 Å². The molecule has 0 spiro atoms. The van der Waals surface area contributed by atoms with E-state index >= 15 is 0 Å². The van der Waals surface area contributed by atoms with E-state index in [0.717, 1.165) is 45.4 Å². The van der Waals surface area contributed by atoms with Gasteiger partial charge in [0.05, 0.1) is 23.2 Å². The van der Waals surface area contributed by atoms with Gasteiger partial charge < -0.3 is 15.0 Å². The van der Waals surface area contributed by atoms with Crippen LogP contribution >= 0.6 is 11.6 Å². The Bertz CT molecular complexity index is 1020. The number of nitrogens with zero attached hydrogens (tertiary/aromatic N) is 3. The van der Waals surface area contributed by atoms with Crippen LogP contribution in [0.4, 0.5) is 0 Å². The summed E-state index contributed by atoms with van der Waals surface area (Å²) in [7, 11) is 3.48. The topological polar surface area (TPSA) is 84.8 Å². The predicted octanol–water partition coefficient (Wildman–Crippen LogP) is 3.74. The highest BCUT2D eigenvalue weighted by Crippen LogP contribution is 2.41. The second kappa shape index (κ2) is 8.97. The van der Waals surface area contributed by atoms with Crippen LogP contribution < -0.4 is 5.32 Å². The lowest BCUT2D eigenvalue weighted by molar-refractivity contribution is -0.120. The molecule has 1 aliphatic heterocycles. The van der Waals surface area contributed by atoms with Crippen LogP contribution in [0.5, 0.6) is 0 Å². The van der Waals surface area contributed by atoms with Crippen LogP contribution in [0, 0.1) is 6.92 Å². The Morgan fingerprint density at radius 2 is 2.14 bits per heavy atom. The van der Waals surface area contributed by atoms with E-state index in [1.807, 2.05) is 26.8 Å². The number of aromatic amines is 1. The number of carbonyl (C=O) groups excluding carboxylic acids is 1. The fourth-order valence-corrected chi connectivity index (χ4v) is 4.04. The molecule has 156 valence electrons. The van der Waals surface area contributed by atoms with E-state index in [-0.39, 0.29) is 11.8 Å². The summed E-state index contributed by atoms with van der Waals surface area (Å²) >= 11 is 6.64. The number of methoxy groups -OCH3 is 1. The summed E-state index contributed by atoms with van der Waals surface area (Å²) in [5.41, 5.74) is 5.57. The van der Waals surface area contributed by atoms with Crippen molar-refractivity contribution >= 4 is 28.4 Å². The number of amides is 1. The molecule has 3 heterocycles. The molecule has 0 aliphatic carbocycles. The van der Waals surface area contributed by atoms with Gasteiger partial charge in [0.25, 0.3) is 0 Å². The number of aryl methyl sites for hydroxylation is 2. The molecule has 3 aromatic rings. The Balaban J connectivity index is 0.00000117. The molecule has 2 N–H and O–H groups in total. The highest BCUT2D eigenvalue weighted by atomic mass is 35.5. The van der Waals surface area contributed by atoms with Gasteiger partial charge >= 0.3 is 0 Å². The first-order chi connectivity index (χ1) is 14.0. The molecule has 0 saturated carbocycles. The van der Waals surface area contributed by atoms with Gasteiger partial charge in [-0.3, -0.25) is 4.79 Å². The van der Waals surface area contributed by atoms with Crippen LogP contribution in [0.15, 0.2) is 12.3 Å². The summed E-state index contributed by atoms with van der Waals surface area (Å²) in [5.74, 6) is 0.156. The molecular weight excluding hydrogens is 390 g/mol. The van der Waals surface area contributed by atoms with Crippen LogP contribution in [-0.4, -0.2) is 46.1 Å². The van der Waals surface area contributed by atoms with Crippen molar-refractivity contribution in [3.63, 3.8) is 0 Å². The number of carbonyl (C=O) groups is 1. The van der Waals surface area contributed by atoms with Crippen molar-refractivity contribution in [2.45, 2.75) is 39.5 Å². The molecule has 4 rings (SSSR count). The van der Waals surface area contributed by atoms with Crippen molar-refractivity contribution in [2.24, 2.45) is 7.05 Å². The van der Waals surface area contributed by atoms with E-state index in [0.29, 0.717) is 24.6 Å². The van der Waals surface area contributed by atoms with E-state index in [1.165, 1.54) is 4.80 Å². The van der Waals surface area contributed by atoms with Crippen LogP contribution in [0.1, 0.15) is 43.0 Å². The first kappa shape index (κ1) is 21.3. The summed E-state index contributed by atoms with van der Waals surface area (Å²) in [6.45, 7) is 7.18. The maximum absolute atomic E-state index is 12.4. The highest BCUT2D eigenvalue weighted by molar-refractivity contribution is 6.36. The lowest BCUT2D eigenvalue weighted by Gasteiger charge is -2.14. The van der Waals surface area contributed by atoms with Gasteiger partial charge in [0, 0.05) is 49.9 Å². The average molecular weight is 418 g/mol. The Morgan fingerprint density at radius 1 is 1.38 bits per heavy atom. The Labute approximate surface area is 175 Å². The number of ether oxygens (including phenoxy) is 1. The average Bonchev–Trinajstić information content (AvgIpc) is 3.27. The number of nitrogens with one attached hydrogen (secondary N) is 2. The third-order valence-electron chi connectivity index (χ3n) is 5.17. The first-order valence-corrected chi connectivity index (χ1v) is 10.3. The molecule has 1 aromatic carbocycles. The van der Waals surface area contributed by atoms with E-state index in [2.05, 4.69) is 20.5 Å². The minimum atomic E-state index is 0.0128. The Kier molecular flexibility index (Phi) is 6.59. The third-order valence-corrected chi connectivity index (χ3v) is 5.66. The fourth-order valence-electron chi connectivity index (χ4n) is 3.84. The number of fused-ring (bicyclic) bond motifs is 3. The first-order valence-electron chi connectivity index (χ1n) is 9.95. The highest BCUT2D eigenvalue weighted by Gasteiger charge is 2.28. The molecule has 1 amide bonds. The molecule has 0 saturated heterocycles. The molecule has 8 heteroatoms. The zero-order valence-electron chi connectivity index (χ0n) is 17.6. The maximum atomic E-state index is 12.4. The molecule has 0 radical (unpaired) electrons. The quantitative estimate of drug-likeness (QED) is 0.677. The van der Waals surface area contributed by atoms with E-state index < -0.39 is 0 Å². The molecular formula is C21H28ClN5O2. The Morgan fingerprint density at radius 3 is 2.79 bits per heavy atom. The smallest absolute Gasteiger partial charge is 0.224 e. The second-order valence-corrected chi connectivity index (χ2v) is 7.38. The molecule has 29 heavy (non-hydrogen) atoms. The fraction of sp³-hybridized carbons (Fsp3) is 0.476. The summed E-state index contributed by atoms with van der Waals surface area (Å²) < 4.78 is 5.27. The molecule has 7 nitrogen and oxygen atoms in total. The third kappa shape index (κ3) is 4.02. The zero-order chi connectivity index (χ0) is 21.1. The molecule has 1 unspecified atom stereocenters. The molecule has 0 bridgehead atoms. The Hall–Kier alpha value is -2.38. The minimum Gasteiger partial charge on any atom is -0.385 e. The second-order valence-electron chi connectivity index (χ2n) is 7.00. The summed E-state index contributed by atoms with van der Waals surface area (Å²) in [6.07, 6.45) is 2.86. The number of rotatable bonds is 4. The van der Waals surface area contributed by atoms with Crippen LogP contribution in [0.2, 0.25) is 5.02 Å². The number of hydrogen-bond donors (Lipinski definition) is 2.